The molecule has 2 saturated heterocycles. The zero-order valence-corrected chi connectivity index (χ0v) is 12.4. The van der Waals surface area contributed by atoms with Gasteiger partial charge in [-0.2, -0.15) is 0 Å². The van der Waals surface area contributed by atoms with Crippen LogP contribution in [0, 0.1) is 0 Å². The highest BCUT2D eigenvalue weighted by atomic mass is 16.5. The van der Waals surface area contributed by atoms with Gasteiger partial charge in [0.25, 0.3) is 5.91 Å². The number of ether oxygens (including phenoxy) is 1. The van der Waals surface area contributed by atoms with Crippen LogP contribution in [-0.2, 0) is 15.1 Å². The standard InChI is InChI=1S/C16H22N2O3/c1-15(6-4-12-21-15)14(19)18-10-7-16(20,8-11-18)13-5-2-3-9-17-13/h2-3,5,9,20H,4,6-8,10-12H2,1H3/t15-/m1/s1. The number of hydrogen-bond acceptors (Lipinski definition) is 4. The molecule has 2 fully saturated rings. The number of hydrogen-bond donors (Lipinski definition) is 1. The number of aliphatic hydroxyl groups is 1. The van der Waals surface area contributed by atoms with E-state index in [1.807, 2.05) is 30.0 Å². The van der Waals surface area contributed by atoms with Gasteiger partial charge in [-0.1, -0.05) is 6.07 Å². The minimum absolute atomic E-state index is 0.0584. The van der Waals surface area contributed by atoms with Gasteiger partial charge in [0.2, 0.25) is 0 Å². The fourth-order valence-corrected chi connectivity index (χ4v) is 3.26. The molecule has 0 radical (unpaired) electrons. The topological polar surface area (TPSA) is 62.7 Å². The summed E-state index contributed by atoms with van der Waals surface area (Å²) in [6.45, 7) is 3.63. The van der Waals surface area contributed by atoms with Crippen molar-refractivity contribution >= 4 is 5.91 Å². The lowest BCUT2D eigenvalue weighted by Gasteiger charge is -2.40. The molecule has 21 heavy (non-hydrogen) atoms. The second kappa shape index (κ2) is 5.39. The lowest BCUT2D eigenvalue weighted by Crippen LogP contribution is -2.52. The molecule has 1 aromatic heterocycles. The van der Waals surface area contributed by atoms with Gasteiger partial charge in [-0.15, -0.1) is 0 Å². The first kappa shape index (κ1) is 14.5. The molecule has 2 aliphatic heterocycles. The third kappa shape index (κ3) is 2.68. The summed E-state index contributed by atoms with van der Waals surface area (Å²) in [5.74, 6) is 0.0584. The SMILES string of the molecule is C[C@]1(C(=O)N2CCC(O)(c3ccccn3)CC2)CCCO1. The maximum atomic E-state index is 12.6. The normalized spacial score (nSPS) is 28.6. The minimum Gasteiger partial charge on any atom is -0.383 e. The first-order valence-electron chi connectivity index (χ1n) is 7.61. The second-order valence-electron chi connectivity index (χ2n) is 6.22. The number of likely N-dealkylation sites (tertiary alicyclic amines) is 1. The molecule has 0 aliphatic carbocycles. The van der Waals surface area contributed by atoms with Crippen molar-refractivity contribution in [2.45, 2.75) is 43.8 Å². The Balaban J connectivity index is 1.66. The van der Waals surface area contributed by atoms with Crippen LogP contribution in [0.25, 0.3) is 0 Å². The molecule has 3 heterocycles. The lowest BCUT2D eigenvalue weighted by atomic mass is 9.87. The monoisotopic (exact) mass is 290 g/mol. The molecule has 1 atom stereocenters. The molecule has 2 aliphatic rings. The Labute approximate surface area is 124 Å². The Morgan fingerprint density at radius 1 is 1.33 bits per heavy atom. The molecule has 1 aromatic rings. The Bertz CT molecular complexity index is 504. The number of pyridine rings is 1. The van der Waals surface area contributed by atoms with Crippen molar-refractivity contribution in [3.05, 3.63) is 30.1 Å². The van der Waals surface area contributed by atoms with Crippen molar-refractivity contribution in [3.63, 3.8) is 0 Å². The fourth-order valence-electron chi connectivity index (χ4n) is 3.26. The second-order valence-corrected chi connectivity index (χ2v) is 6.22. The van der Waals surface area contributed by atoms with E-state index in [2.05, 4.69) is 4.98 Å². The van der Waals surface area contributed by atoms with E-state index in [-0.39, 0.29) is 5.91 Å². The molecule has 0 bridgehead atoms. The van der Waals surface area contributed by atoms with Crippen LogP contribution in [0.4, 0.5) is 0 Å². The van der Waals surface area contributed by atoms with Gasteiger partial charge < -0.3 is 14.7 Å². The lowest BCUT2D eigenvalue weighted by molar-refractivity contribution is -0.155. The molecule has 1 N–H and O–H groups in total. The van der Waals surface area contributed by atoms with Gasteiger partial charge >= 0.3 is 0 Å². The van der Waals surface area contributed by atoms with Gasteiger partial charge in [0, 0.05) is 25.9 Å². The zero-order chi connectivity index (χ0) is 14.9. The molecule has 3 rings (SSSR count). The number of carbonyl (C=O) groups excluding carboxylic acids is 1. The van der Waals surface area contributed by atoms with E-state index < -0.39 is 11.2 Å². The summed E-state index contributed by atoms with van der Waals surface area (Å²) in [6, 6.07) is 5.56. The third-order valence-electron chi connectivity index (χ3n) is 4.69. The minimum atomic E-state index is -0.921. The largest absolute Gasteiger partial charge is 0.383 e. The number of piperidine rings is 1. The van der Waals surface area contributed by atoms with Crippen LogP contribution in [0.1, 0.15) is 38.3 Å². The number of nitrogens with zero attached hydrogens (tertiary/aromatic N) is 2. The first-order valence-corrected chi connectivity index (χ1v) is 7.61. The Morgan fingerprint density at radius 2 is 2.10 bits per heavy atom. The summed E-state index contributed by atoms with van der Waals surface area (Å²) in [5, 5.41) is 10.7. The molecular formula is C16H22N2O3. The predicted octanol–water partition coefficient (Wildman–Crippen LogP) is 1.46. The number of rotatable bonds is 2. The van der Waals surface area contributed by atoms with Crippen molar-refractivity contribution in [1.82, 2.24) is 9.88 Å². The first-order chi connectivity index (χ1) is 10.0. The Kier molecular flexibility index (Phi) is 3.71. The highest BCUT2D eigenvalue weighted by Crippen LogP contribution is 2.34. The molecule has 0 unspecified atom stereocenters. The van der Waals surface area contributed by atoms with E-state index in [1.54, 1.807) is 6.20 Å². The average Bonchev–Trinajstić information content (AvgIpc) is 2.96. The molecule has 0 aromatic carbocycles. The van der Waals surface area contributed by atoms with Gasteiger partial charge in [-0.25, -0.2) is 0 Å². The summed E-state index contributed by atoms with van der Waals surface area (Å²) in [4.78, 5) is 18.7. The van der Waals surface area contributed by atoms with Gasteiger partial charge in [-0.3, -0.25) is 9.78 Å². The number of carbonyl (C=O) groups is 1. The van der Waals surface area contributed by atoms with Crippen LogP contribution in [-0.4, -0.2) is 46.2 Å². The summed E-state index contributed by atoms with van der Waals surface area (Å²) < 4.78 is 5.63. The van der Waals surface area contributed by atoms with Gasteiger partial charge in [0.15, 0.2) is 0 Å². The molecule has 1 amide bonds. The Hall–Kier alpha value is -1.46. The molecule has 5 nitrogen and oxygen atoms in total. The van der Waals surface area contributed by atoms with Crippen molar-refractivity contribution in [2.75, 3.05) is 19.7 Å². The number of amides is 1. The average molecular weight is 290 g/mol. The molecule has 5 heteroatoms. The van der Waals surface area contributed by atoms with Crippen LogP contribution in [0.3, 0.4) is 0 Å². The van der Waals surface area contributed by atoms with Crippen molar-refractivity contribution < 1.29 is 14.6 Å². The molecule has 0 spiro atoms. The van der Waals surface area contributed by atoms with E-state index in [4.69, 9.17) is 4.74 Å². The van der Waals surface area contributed by atoms with E-state index in [1.165, 1.54) is 0 Å². The summed E-state index contributed by atoms with van der Waals surface area (Å²) in [7, 11) is 0. The molecule has 114 valence electrons. The highest BCUT2D eigenvalue weighted by molar-refractivity contribution is 5.85. The quantitative estimate of drug-likeness (QED) is 0.895. The fraction of sp³-hybridized carbons (Fsp3) is 0.625. The van der Waals surface area contributed by atoms with Crippen molar-refractivity contribution in [1.29, 1.82) is 0 Å². The van der Waals surface area contributed by atoms with Crippen LogP contribution in [0.2, 0.25) is 0 Å². The molecule has 0 saturated carbocycles. The third-order valence-corrected chi connectivity index (χ3v) is 4.69. The van der Waals surface area contributed by atoms with E-state index >= 15 is 0 Å². The van der Waals surface area contributed by atoms with Crippen LogP contribution >= 0.6 is 0 Å². The Morgan fingerprint density at radius 3 is 2.67 bits per heavy atom. The number of aromatic nitrogens is 1. The van der Waals surface area contributed by atoms with E-state index in [9.17, 15) is 9.90 Å². The smallest absolute Gasteiger partial charge is 0.254 e. The van der Waals surface area contributed by atoms with Gasteiger partial charge in [0.1, 0.15) is 11.2 Å². The maximum absolute atomic E-state index is 12.6. The highest BCUT2D eigenvalue weighted by Gasteiger charge is 2.44. The summed E-state index contributed by atoms with van der Waals surface area (Å²) in [6.07, 6.45) is 4.46. The van der Waals surface area contributed by atoms with Crippen molar-refractivity contribution in [2.24, 2.45) is 0 Å². The van der Waals surface area contributed by atoms with Crippen LogP contribution in [0.15, 0.2) is 24.4 Å². The van der Waals surface area contributed by atoms with Crippen molar-refractivity contribution in [3.8, 4) is 0 Å². The van der Waals surface area contributed by atoms with Crippen LogP contribution in [0.5, 0.6) is 0 Å². The van der Waals surface area contributed by atoms with E-state index in [0.29, 0.717) is 38.2 Å². The predicted molar refractivity (Wildman–Crippen MR) is 77.5 cm³/mol. The van der Waals surface area contributed by atoms with Gasteiger partial charge in [-0.05, 0) is 44.7 Å². The maximum Gasteiger partial charge on any atom is 0.254 e. The summed E-state index contributed by atoms with van der Waals surface area (Å²) in [5.41, 5.74) is -0.893. The zero-order valence-electron chi connectivity index (χ0n) is 12.4. The van der Waals surface area contributed by atoms with E-state index in [0.717, 1.165) is 12.8 Å². The summed E-state index contributed by atoms with van der Waals surface area (Å²) >= 11 is 0. The molecular weight excluding hydrogens is 268 g/mol. The van der Waals surface area contributed by atoms with Gasteiger partial charge in [0.05, 0.1) is 5.69 Å². The van der Waals surface area contributed by atoms with Crippen LogP contribution < -0.4 is 0 Å².